The lowest BCUT2D eigenvalue weighted by Gasteiger charge is -2.37. The molecular formula is C23H26ClNO2. The Labute approximate surface area is 166 Å². The zero-order valence-electron chi connectivity index (χ0n) is 16.5. The zero-order chi connectivity index (χ0) is 19.5. The van der Waals surface area contributed by atoms with Gasteiger partial charge in [0.1, 0.15) is 17.6 Å². The molecule has 0 fully saturated rings. The molecule has 142 valence electrons. The maximum absolute atomic E-state index is 10.2. The molecule has 3 nitrogen and oxygen atoms in total. The molecule has 0 radical (unpaired) electrons. The summed E-state index contributed by atoms with van der Waals surface area (Å²) in [6.45, 7) is 10.9. The number of hydrogen-bond donors (Lipinski definition) is 2. The zero-order valence-corrected chi connectivity index (χ0v) is 17.2. The van der Waals surface area contributed by atoms with Crippen LogP contribution in [-0.4, -0.2) is 10.6 Å². The number of aromatic hydroxyl groups is 1. The maximum atomic E-state index is 10.2. The highest BCUT2D eigenvalue weighted by molar-refractivity contribution is 6.35. The molecule has 2 heterocycles. The Kier molecular flexibility index (Phi) is 4.19. The Morgan fingerprint density at radius 3 is 2.63 bits per heavy atom. The minimum atomic E-state index is -0.0950. The highest BCUT2D eigenvalue weighted by Gasteiger charge is 2.35. The van der Waals surface area contributed by atoms with Crippen molar-refractivity contribution in [3.05, 3.63) is 46.5 Å². The number of phenolic OH excluding ortho intramolecular Hbond substituents is 1. The first-order valence-electron chi connectivity index (χ1n) is 9.51. The van der Waals surface area contributed by atoms with Crippen LogP contribution in [-0.2, 0) is 0 Å². The van der Waals surface area contributed by atoms with Crippen LogP contribution < -0.4 is 10.1 Å². The summed E-state index contributed by atoms with van der Waals surface area (Å²) in [4.78, 5) is 0. The van der Waals surface area contributed by atoms with Crippen LogP contribution in [0.1, 0.15) is 58.3 Å². The molecule has 0 amide bonds. The van der Waals surface area contributed by atoms with E-state index in [2.05, 4.69) is 58.1 Å². The van der Waals surface area contributed by atoms with E-state index >= 15 is 0 Å². The summed E-state index contributed by atoms with van der Waals surface area (Å²) < 4.78 is 6.42. The quantitative estimate of drug-likeness (QED) is 0.599. The average Bonchev–Trinajstić information content (AvgIpc) is 2.56. The third kappa shape index (κ3) is 2.98. The van der Waals surface area contributed by atoms with Gasteiger partial charge in [-0.25, -0.2) is 0 Å². The van der Waals surface area contributed by atoms with Crippen LogP contribution in [0, 0.1) is 5.92 Å². The topological polar surface area (TPSA) is 41.5 Å². The van der Waals surface area contributed by atoms with Gasteiger partial charge >= 0.3 is 0 Å². The van der Waals surface area contributed by atoms with Crippen molar-refractivity contribution in [1.82, 2.24) is 0 Å². The van der Waals surface area contributed by atoms with Gasteiger partial charge in [0.15, 0.2) is 0 Å². The second-order valence-corrected chi connectivity index (χ2v) is 9.01. The summed E-state index contributed by atoms with van der Waals surface area (Å²) in [7, 11) is 0. The van der Waals surface area contributed by atoms with E-state index in [4.69, 9.17) is 16.3 Å². The first-order chi connectivity index (χ1) is 12.7. The van der Waals surface area contributed by atoms with E-state index in [1.807, 2.05) is 6.07 Å². The Morgan fingerprint density at radius 1 is 1.19 bits per heavy atom. The summed E-state index contributed by atoms with van der Waals surface area (Å²) in [5.74, 6) is 1.31. The summed E-state index contributed by atoms with van der Waals surface area (Å²) in [6, 6.07) is 7.65. The molecule has 27 heavy (non-hydrogen) atoms. The van der Waals surface area contributed by atoms with Crippen LogP contribution in [0.2, 0.25) is 5.02 Å². The van der Waals surface area contributed by atoms with Crippen LogP contribution in [0.25, 0.3) is 16.7 Å². The monoisotopic (exact) mass is 383 g/mol. The van der Waals surface area contributed by atoms with Gasteiger partial charge in [-0.1, -0.05) is 37.6 Å². The van der Waals surface area contributed by atoms with Crippen molar-refractivity contribution in [2.45, 2.75) is 52.7 Å². The smallest absolute Gasteiger partial charge is 0.135 e. The Hall–Kier alpha value is -2.13. The largest absolute Gasteiger partial charge is 0.506 e. The van der Waals surface area contributed by atoms with Gasteiger partial charge < -0.3 is 15.2 Å². The number of allylic oxidation sites excluding steroid dienone is 1. The molecule has 2 N–H and O–H groups in total. The number of phenols is 1. The van der Waals surface area contributed by atoms with Crippen molar-refractivity contribution < 1.29 is 9.84 Å². The fraction of sp³-hybridized carbons (Fsp3) is 0.391. The van der Waals surface area contributed by atoms with Crippen molar-refractivity contribution in [1.29, 1.82) is 0 Å². The first-order valence-corrected chi connectivity index (χ1v) is 9.89. The molecule has 2 aliphatic rings. The van der Waals surface area contributed by atoms with Crippen molar-refractivity contribution in [2.24, 2.45) is 5.92 Å². The fourth-order valence-electron chi connectivity index (χ4n) is 4.40. The lowest BCUT2D eigenvalue weighted by Crippen LogP contribution is -2.32. The van der Waals surface area contributed by atoms with Crippen LogP contribution in [0.3, 0.4) is 0 Å². The summed E-state index contributed by atoms with van der Waals surface area (Å²) in [5.41, 5.74) is 6.46. The molecule has 0 spiro atoms. The predicted octanol–water partition coefficient (Wildman–Crippen LogP) is 6.80. The minimum Gasteiger partial charge on any atom is -0.506 e. The highest BCUT2D eigenvalue weighted by Crippen LogP contribution is 2.53. The van der Waals surface area contributed by atoms with Crippen LogP contribution in [0.4, 0.5) is 5.69 Å². The molecule has 1 unspecified atom stereocenters. The van der Waals surface area contributed by atoms with E-state index in [0.29, 0.717) is 10.9 Å². The Bertz CT molecular complexity index is 959. The third-order valence-corrected chi connectivity index (χ3v) is 5.69. The van der Waals surface area contributed by atoms with Gasteiger partial charge in [-0.3, -0.25) is 0 Å². The molecule has 0 aromatic heterocycles. The van der Waals surface area contributed by atoms with Crippen molar-refractivity contribution in [3.8, 4) is 22.6 Å². The van der Waals surface area contributed by atoms with E-state index in [9.17, 15) is 5.11 Å². The molecule has 2 aliphatic heterocycles. The second kappa shape index (κ2) is 6.20. The number of anilines is 1. The molecule has 1 atom stereocenters. The van der Waals surface area contributed by atoms with E-state index in [0.717, 1.165) is 34.5 Å². The van der Waals surface area contributed by atoms with Crippen molar-refractivity contribution in [3.63, 3.8) is 0 Å². The van der Waals surface area contributed by atoms with Crippen LogP contribution >= 0.6 is 11.6 Å². The fourth-order valence-corrected chi connectivity index (χ4v) is 4.66. The van der Waals surface area contributed by atoms with Crippen LogP contribution in [0.5, 0.6) is 11.5 Å². The number of halogens is 1. The lowest BCUT2D eigenvalue weighted by atomic mass is 9.80. The number of benzene rings is 2. The van der Waals surface area contributed by atoms with Gasteiger partial charge in [-0.2, -0.15) is 0 Å². The SMILES string of the molecule is CC1=CC(C)(C)Nc2ccc3c(c21)C(CC(C)C)Oc1ccc(O)c(Cl)c1-3. The molecule has 0 aliphatic carbocycles. The van der Waals surface area contributed by atoms with E-state index in [1.54, 1.807) is 6.07 Å². The molecule has 4 heteroatoms. The minimum absolute atomic E-state index is 0.0468. The Balaban J connectivity index is 2.01. The summed E-state index contributed by atoms with van der Waals surface area (Å²) in [5, 5.41) is 14.1. The lowest BCUT2D eigenvalue weighted by molar-refractivity contribution is 0.174. The second-order valence-electron chi connectivity index (χ2n) is 8.63. The molecule has 0 bridgehead atoms. The standard InChI is InChI=1S/C23H26ClNO2/c1-12(2)10-18-20-14(21-17(27-18)9-8-16(26)22(21)24)6-7-15-19(20)13(3)11-23(4,5)25-15/h6-9,11-12,18,25-26H,10H2,1-5H3. The van der Waals surface area contributed by atoms with Crippen molar-refractivity contribution in [2.75, 3.05) is 5.32 Å². The average molecular weight is 384 g/mol. The van der Waals surface area contributed by atoms with Gasteiger partial charge in [-0.15, -0.1) is 0 Å². The normalized spacial score (nSPS) is 19.4. The molecule has 2 aromatic rings. The van der Waals surface area contributed by atoms with E-state index in [1.165, 1.54) is 11.1 Å². The molecule has 0 saturated heterocycles. The number of hydrogen-bond acceptors (Lipinski definition) is 3. The highest BCUT2D eigenvalue weighted by atomic mass is 35.5. The number of rotatable bonds is 2. The van der Waals surface area contributed by atoms with Gasteiger partial charge in [0.05, 0.1) is 10.6 Å². The molecule has 4 rings (SSSR count). The van der Waals surface area contributed by atoms with E-state index in [-0.39, 0.29) is 17.4 Å². The van der Waals surface area contributed by atoms with Crippen LogP contribution in [0.15, 0.2) is 30.3 Å². The number of fused-ring (bicyclic) bond motifs is 5. The van der Waals surface area contributed by atoms with Gasteiger partial charge in [0, 0.05) is 22.4 Å². The number of ether oxygens (including phenoxy) is 1. The first kappa shape index (κ1) is 18.2. The maximum Gasteiger partial charge on any atom is 0.135 e. The van der Waals surface area contributed by atoms with Gasteiger partial charge in [-0.05, 0) is 62.4 Å². The van der Waals surface area contributed by atoms with Gasteiger partial charge in [0.2, 0.25) is 0 Å². The predicted molar refractivity (Wildman–Crippen MR) is 113 cm³/mol. The summed E-state index contributed by atoms with van der Waals surface area (Å²) in [6.07, 6.45) is 3.13. The Morgan fingerprint density at radius 2 is 1.93 bits per heavy atom. The molecule has 2 aromatic carbocycles. The molecular weight excluding hydrogens is 358 g/mol. The number of nitrogens with one attached hydrogen (secondary N) is 1. The van der Waals surface area contributed by atoms with Crippen molar-refractivity contribution >= 4 is 22.9 Å². The van der Waals surface area contributed by atoms with Gasteiger partial charge in [0.25, 0.3) is 0 Å². The molecule has 0 saturated carbocycles. The van der Waals surface area contributed by atoms with E-state index < -0.39 is 0 Å². The third-order valence-electron chi connectivity index (χ3n) is 5.30. The summed E-state index contributed by atoms with van der Waals surface area (Å²) >= 11 is 6.50.